The Labute approximate surface area is 227 Å². The summed E-state index contributed by atoms with van der Waals surface area (Å²) in [7, 11) is 0. The third kappa shape index (κ3) is 5.63. The van der Waals surface area contributed by atoms with Gasteiger partial charge in [-0.05, 0) is 78.4 Å². The first-order valence-electron chi connectivity index (χ1n) is 12.7. The number of para-hydroxylation sites is 2. The molecule has 186 valence electrons. The van der Waals surface area contributed by atoms with E-state index < -0.39 is 0 Å². The Morgan fingerprint density at radius 3 is 1.62 bits per heavy atom. The van der Waals surface area contributed by atoms with Crippen molar-refractivity contribution in [2.45, 2.75) is 0 Å². The van der Waals surface area contributed by atoms with E-state index in [1.807, 2.05) is 60.7 Å². The molecule has 0 aliphatic rings. The van der Waals surface area contributed by atoms with Crippen LogP contribution in [0.15, 0.2) is 140 Å². The van der Waals surface area contributed by atoms with E-state index in [1.54, 1.807) is 12.4 Å². The minimum atomic E-state index is 0.565. The molecule has 5 nitrogen and oxygen atoms in total. The summed E-state index contributed by atoms with van der Waals surface area (Å²) < 4.78 is 0. The summed E-state index contributed by atoms with van der Waals surface area (Å²) >= 11 is 0. The van der Waals surface area contributed by atoms with Gasteiger partial charge < -0.3 is 4.90 Å². The van der Waals surface area contributed by atoms with Gasteiger partial charge in [0.1, 0.15) is 5.69 Å². The summed E-state index contributed by atoms with van der Waals surface area (Å²) in [6, 6.07) is 42.8. The van der Waals surface area contributed by atoms with Crippen molar-refractivity contribution in [3.63, 3.8) is 0 Å². The van der Waals surface area contributed by atoms with Gasteiger partial charge in [0.25, 0.3) is 0 Å². The number of benzene rings is 3. The fourth-order valence-electron chi connectivity index (χ4n) is 4.32. The molecular formula is C34H25N5. The Balaban J connectivity index is 1.32. The smallest absolute Gasteiger partial charge is 0.179 e. The normalized spacial score (nSPS) is 11.0. The van der Waals surface area contributed by atoms with Gasteiger partial charge in [0.15, 0.2) is 5.82 Å². The van der Waals surface area contributed by atoms with Gasteiger partial charge in [-0.3, -0.25) is 9.97 Å². The highest BCUT2D eigenvalue weighted by Crippen LogP contribution is 2.34. The van der Waals surface area contributed by atoms with Gasteiger partial charge in [-0.25, -0.2) is 9.97 Å². The SMILES string of the molecule is C(=C\c1cc(-c2ccccn2)nc(-c2ccccn2)n1)/c1ccc(N(c2ccccc2)c2ccccc2)cc1. The van der Waals surface area contributed by atoms with Crippen LogP contribution in [0.2, 0.25) is 0 Å². The van der Waals surface area contributed by atoms with Crippen LogP contribution in [-0.2, 0) is 0 Å². The van der Waals surface area contributed by atoms with Gasteiger partial charge in [0.2, 0.25) is 0 Å². The van der Waals surface area contributed by atoms with Crippen LogP contribution in [0.5, 0.6) is 0 Å². The zero-order valence-electron chi connectivity index (χ0n) is 21.2. The fourth-order valence-corrected chi connectivity index (χ4v) is 4.32. The lowest BCUT2D eigenvalue weighted by Gasteiger charge is -2.25. The van der Waals surface area contributed by atoms with E-state index in [1.165, 1.54) is 0 Å². The highest BCUT2D eigenvalue weighted by atomic mass is 15.1. The minimum Gasteiger partial charge on any atom is -0.311 e. The largest absolute Gasteiger partial charge is 0.311 e. The second-order valence-electron chi connectivity index (χ2n) is 8.86. The van der Waals surface area contributed by atoms with Crippen LogP contribution in [0, 0.1) is 0 Å². The molecule has 0 fully saturated rings. The van der Waals surface area contributed by atoms with Gasteiger partial charge in [0, 0.05) is 29.5 Å². The molecule has 39 heavy (non-hydrogen) atoms. The molecule has 0 atom stereocenters. The van der Waals surface area contributed by atoms with Crippen molar-refractivity contribution in [3.8, 4) is 22.9 Å². The van der Waals surface area contributed by atoms with Crippen molar-refractivity contribution in [3.05, 3.63) is 151 Å². The zero-order valence-corrected chi connectivity index (χ0v) is 21.2. The third-order valence-electron chi connectivity index (χ3n) is 6.19. The van der Waals surface area contributed by atoms with Gasteiger partial charge in [-0.2, -0.15) is 0 Å². The molecule has 5 heteroatoms. The van der Waals surface area contributed by atoms with Crippen molar-refractivity contribution in [1.82, 2.24) is 19.9 Å². The van der Waals surface area contributed by atoms with Crippen LogP contribution in [0.4, 0.5) is 17.1 Å². The molecule has 0 amide bonds. The van der Waals surface area contributed by atoms with Crippen LogP contribution in [0.25, 0.3) is 35.1 Å². The number of hydrogen-bond acceptors (Lipinski definition) is 5. The molecule has 3 aromatic heterocycles. The van der Waals surface area contributed by atoms with Gasteiger partial charge >= 0.3 is 0 Å². The Hall–Kier alpha value is -5.42. The van der Waals surface area contributed by atoms with E-state index in [4.69, 9.17) is 9.97 Å². The molecule has 3 heterocycles. The second-order valence-corrected chi connectivity index (χ2v) is 8.86. The van der Waals surface area contributed by atoms with Gasteiger partial charge in [-0.1, -0.05) is 66.7 Å². The molecule has 0 spiro atoms. The average Bonchev–Trinajstić information content (AvgIpc) is 3.03. The van der Waals surface area contributed by atoms with Gasteiger partial charge in [0.05, 0.1) is 17.1 Å². The summed E-state index contributed by atoms with van der Waals surface area (Å²) in [6.07, 6.45) is 7.58. The summed E-state index contributed by atoms with van der Waals surface area (Å²) in [5.41, 5.74) is 7.41. The van der Waals surface area contributed by atoms with Crippen LogP contribution in [-0.4, -0.2) is 19.9 Å². The predicted molar refractivity (Wildman–Crippen MR) is 159 cm³/mol. The number of pyridine rings is 2. The van der Waals surface area contributed by atoms with E-state index in [0.29, 0.717) is 5.82 Å². The number of aromatic nitrogens is 4. The Bertz CT molecular complexity index is 1570. The molecule has 3 aromatic carbocycles. The summed E-state index contributed by atoms with van der Waals surface area (Å²) in [5.74, 6) is 0.565. The molecule has 0 radical (unpaired) electrons. The molecule has 0 saturated heterocycles. The van der Waals surface area contributed by atoms with Crippen molar-refractivity contribution in [2.24, 2.45) is 0 Å². The Kier molecular flexibility index (Phi) is 6.95. The summed E-state index contributed by atoms with van der Waals surface area (Å²) in [6.45, 7) is 0. The van der Waals surface area contributed by atoms with Crippen LogP contribution >= 0.6 is 0 Å². The maximum atomic E-state index is 4.77. The van der Waals surface area contributed by atoms with E-state index in [0.717, 1.165) is 45.4 Å². The van der Waals surface area contributed by atoms with Crippen molar-refractivity contribution >= 4 is 29.2 Å². The monoisotopic (exact) mass is 503 g/mol. The molecule has 0 aliphatic heterocycles. The molecule has 0 bridgehead atoms. The average molecular weight is 504 g/mol. The number of anilines is 3. The van der Waals surface area contributed by atoms with E-state index in [-0.39, 0.29) is 0 Å². The topological polar surface area (TPSA) is 54.8 Å². The number of hydrogen-bond donors (Lipinski definition) is 0. The third-order valence-corrected chi connectivity index (χ3v) is 6.19. The standard InChI is InChI=1S/C34H25N5/c1-3-11-28(12-4-1)39(29-13-5-2-6-14-29)30-21-18-26(19-22-30)17-20-27-25-33(31-15-7-9-23-35-31)38-34(37-27)32-16-8-10-24-36-32/h1-25H/b20-17+. The molecule has 6 aromatic rings. The highest BCUT2D eigenvalue weighted by molar-refractivity contribution is 5.78. The molecule has 0 N–H and O–H groups in total. The van der Waals surface area contributed by atoms with Crippen molar-refractivity contribution in [1.29, 1.82) is 0 Å². The lowest BCUT2D eigenvalue weighted by Crippen LogP contribution is -2.09. The fraction of sp³-hybridized carbons (Fsp3) is 0. The van der Waals surface area contributed by atoms with E-state index >= 15 is 0 Å². The van der Waals surface area contributed by atoms with Crippen LogP contribution in [0.1, 0.15) is 11.3 Å². The first-order chi connectivity index (χ1) is 19.3. The maximum absolute atomic E-state index is 4.77. The lowest BCUT2D eigenvalue weighted by molar-refractivity contribution is 1.12. The second kappa shape index (κ2) is 11.3. The minimum absolute atomic E-state index is 0.565. The molecule has 0 unspecified atom stereocenters. The van der Waals surface area contributed by atoms with Crippen LogP contribution in [0.3, 0.4) is 0 Å². The lowest BCUT2D eigenvalue weighted by atomic mass is 10.1. The number of rotatable bonds is 7. The molecular weight excluding hydrogens is 478 g/mol. The van der Waals surface area contributed by atoms with Crippen molar-refractivity contribution < 1.29 is 0 Å². The molecule has 6 rings (SSSR count). The quantitative estimate of drug-likeness (QED) is 0.220. The first-order valence-corrected chi connectivity index (χ1v) is 12.7. The Morgan fingerprint density at radius 2 is 1.03 bits per heavy atom. The Morgan fingerprint density at radius 1 is 0.462 bits per heavy atom. The van der Waals surface area contributed by atoms with Crippen LogP contribution < -0.4 is 4.90 Å². The summed E-state index contributed by atoms with van der Waals surface area (Å²) in [4.78, 5) is 20.7. The number of nitrogens with zero attached hydrogens (tertiary/aromatic N) is 5. The first kappa shape index (κ1) is 23.9. The molecule has 0 aliphatic carbocycles. The van der Waals surface area contributed by atoms with Crippen molar-refractivity contribution in [2.75, 3.05) is 4.90 Å². The summed E-state index contributed by atoms with van der Waals surface area (Å²) in [5, 5.41) is 0. The van der Waals surface area contributed by atoms with E-state index in [9.17, 15) is 0 Å². The highest BCUT2D eigenvalue weighted by Gasteiger charge is 2.12. The maximum Gasteiger partial charge on any atom is 0.179 e. The van der Waals surface area contributed by atoms with E-state index in [2.05, 4.69) is 93.7 Å². The zero-order chi connectivity index (χ0) is 26.3. The molecule has 0 saturated carbocycles. The van der Waals surface area contributed by atoms with Gasteiger partial charge in [-0.15, -0.1) is 0 Å². The predicted octanol–water partition coefficient (Wildman–Crippen LogP) is 8.24.